The van der Waals surface area contributed by atoms with Crippen LogP contribution in [0.4, 0.5) is 0 Å². The Balaban J connectivity index is 1.66. The molecular formula is C17H15ClN2O2S. The van der Waals surface area contributed by atoms with Crippen molar-refractivity contribution < 1.29 is 9.53 Å². The summed E-state index contributed by atoms with van der Waals surface area (Å²) in [7, 11) is 0. The van der Waals surface area contributed by atoms with E-state index in [1.807, 2.05) is 30.3 Å². The minimum absolute atomic E-state index is 0.0816. The fourth-order valence-corrected chi connectivity index (χ4v) is 4.29. The second-order valence-corrected chi connectivity index (χ2v) is 7.03. The van der Waals surface area contributed by atoms with E-state index in [-0.39, 0.29) is 12.0 Å². The number of halogens is 1. The Morgan fingerprint density at radius 3 is 3.09 bits per heavy atom. The second kappa shape index (κ2) is 6.07. The van der Waals surface area contributed by atoms with E-state index in [0.717, 1.165) is 40.4 Å². The maximum atomic E-state index is 12.4. The lowest BCUT2D eigenvalue weighted by Gasteiger charge is -2.09. The van der Waals surface area contributed by atoms with E-state index in [1.165, 1.54) is 11.3 Å². The predicted octanol–water partition coefficient (Wildman–Crippen LogP) is 4.01. The van der Waals surface area contributed by atoms with Crippen molar-refractivity contribution in [1.82, 2.24) is 10.3 Å². The third-order valence-corrected chi connectivity index (χ3v) is 5.51. The third kappa shape index (κ3) is 2.80. The first kappa shape index (κ1) is 14.9. The van der Waals surface area contributed by atoms with Crippen LogP contribution in [0.15, 0.2) is 30.3 Å². The summed E-state index contributed by atoms with van der Waals surface area (Å²) in [5, 5.41) is 5.24. The molecule has 23 heavy (non-hydrogen) atoms. The normalized spacial score (nSPS) is 17.9. The Morgan fingerprint density at radius 1 is 1.39 bits per heavy atom. The molecule has 1 aliphatic rings. The topological polar surface area (TPSA) is 51.2 Å². The van der Waals surface area contributed by atoms with Gasteiger partial charge in [0.2, 0.25) is 0 Å². The molecule has 6 heteroatoms. The van der Waals surface area contributed by atoms with E-state index in [2.05, 4.69) is 10.3 Å². The third-order valence-electron chi connectivity index (χ3n) is 4.06. The zero-order valence-electron chi connectivity index (χ0n) is 12.3. The number of thiophene rings is 1. The van der Waals surface area contributed by atoms with Crippen LogP contribution in [0.25, 0.3) is 21.0 Å². The van der Waals surface area contributed by atoms with Gasteiger partial charge in [-0.25, -0.2) is 4.98 Å². The smallest absolute Gasteiger partial charge is 0.261 e. The van der Waals surface area contributed by atoms with Gasteiger partial charge < -0.3 is 10.1 Å². The Labute approximate surface area is 142 Å². The van der Waals surface area contributed by atoms with Crippen molar-refractivity contribution >= 4 is 49.8 Å². The van der Waals surface area contributed by atoms with Crippen molar-refractivity contribution in [3.63, 3.8) is 0 Å². The number of ether oxygens (including phenoxy) is 1. The minimum atomic E-state index is -0.0816. The number of benzene rings is 1. The lowest BCUT2D eigenvalue weighted by Crippen LogP contribution is -2.31. The van der Waals surface area contributed by atoms with Gasteiger partial charge in [0.15, 0.2) is 0 Å². The Bertz CT molecular complexity index is 887. The summed E-state index contributed by atoms with van der Waals surface area (Å²) in [4.78, 5) is 17.5. The van der Waals surface area contributed by atoms with Crippen LogP contribution in [0.2, 0.25) is 5.15 Å². The van der Waals surface area contributed by atoms with Crippen LogP contribution in [0.3, 0.4) is 0 Å². The van der Waals surface area contributed by atoms with Crippen molar-refractivity contribution in [1.29, 1.82) is 0 Å². The molecule has 3 aromatic rings. The van der Waals surface area contributed by atoms with E-state index in [9.17, 15) is 4.79 Å². The van der Waals surface area contributed by atoms with Crippen LogP contribution in [0, 0.1) is 0 Å². The van der Waals surface area contributed by atoms with Gasteiger partial charge in [-0.3, -0.25) is 4.79 Å². The Kier molecular flexibility index (Phi) is 3.93. The number of pyridine rings is 1. The summed E-state index contributed by atoms with van der Waals surface area (Å²) in [5.41, 5.74) is 0.846. The maximum absolute atomic E-state index is 12.4. The largest absolute Gasteiger partial charge is 0.376 e. The summed E-state index contributed by atoms with van der Waals surface area (Å²) in [6.45, 7) is 1.34. The summed E-state index contributed by atoms with van der Waals surface area (Å²) in [6, 6.07) is 9.66. The van der Waals surface area contributed by atoms with Crippen LogP contribution < -0.4 is 5.32 Å². The van der Waals surface area contributed by atoms with Crippen molar-refractivity contribution in [3.05, 3.63) is 40.4 Å². The molecule has 118 valence electrons. The summed E-state index contributed by atoms with van der Waals surface area (Å²) in [6.07, 6.45) is 2.21. The average molecular weight is 347 g/mol. The molecule has 2 aromatic heterocycles. The van der Waals surface area contributed by atoms with Crippen LogP contribution in [0.1, 0.15) is 22.5 Å². The van der Waals surface area contributed by atoms with Crippen molar-refractivity contribution in [2.75, 3.05) is 13.2 Å². The van der Waals surface area contributed by atoms with Crippen LogP contribution in [-0.4, -0.2) is 30.1 Å². The maximum Gasteiger partial charge on any atom is 0.261 e. The molecule has 0 radical (unpaired) electrons. The minimum Gasteiger partial charge on any atom is -0.376 e. The molecule has 1 saturated heterocycles. The Morgan fingerprint density at radius 2 is 2.26 bits per heavy atom. The molecule has 0 saturated carbocycles. The van der Waals surface area contributed by atoms with Gasteiger partial charge >= 0.3 is 0 Å². The van der Waals surface area contributed by atoms with Gasteiger partial charge in [0.05, 0.1) is 16.5 Å². The van der Waals surface area contributed by atoms with Gasteiger partial charge in [-0.1, -0.05) is 29.8 Å². The number of amides is 1. The number of rotatable bonds is 3. The highest BCUT2D eigenvalue weighted by molar-refractivity contribution is 7.21. The van der Waals surface area contributed by atoms with Crippen molar-refractivity contribution in [2.45, 2.75) is 18.9 Å². The highest BCUT2D eigenvalue weighted by Crippen LogP contribution is 2.35. The predicted molar refractivity (Wildman–Crippen MR) is 93.4 cm³/mol. The number of para-hydroxylation sites is 1. The highest BCUT2D eigenvalue weighted by Gasteiger charge is 2.19. The number of nitrogens with one attached hydrogen (secondary N) is 1. The van der Waals surface area contributed by atoms with Crippen molar-refractivity contribution in [2.24, 2.45) is 0 Å². The molecule has 0 spiro atoms. The lowest BCUT2D eigenvalue weighted by molar-refractivity contribution is 0.0861. The lowest BCUT2D eigenvalue weighted by atomic mass is 10.2. The molecule has 4 nitrogen and oxygen atoms in total. The van der Waals surface area contributed by atoms with E-state index < -0.39 is 0 Å². The molecule has 0 aliphatic carbocycles. The molecule has 1 N–H and O–H groups in total. The molecule has 1 fully saturated rings. The first-order valence-electron chi connectivity index (χ1n) is 7.60. The molecule has 1 amide bonds. The standard InChI is InChI=1S/C17H15ClN2O2S/c18-16-12-8-14(17(21)19-9-10-4-3-7-22-10)23-15(12)11-5-1-2-6-13(11)20-16/h1-2,5-6,8,10H,3-4,7,9H2,(H,19,21)/t10-/m0/s1. The summed E-state index contributed by atoms with van der Waals surface area (Å²) in [5.74, 6) is -0.0816. The quantitative estimate of drug-likeness (QED) is 0.729. The molecule has 1 atom stereocenters. The SMILES string of the molecule is O=C(NC[C@@H]1CCCO1)c1cc2c(Cl)nc3ccccc3c2s1. The van der Waals surface area contributed by atoms with E-state index in [4.69, 9.17) is 16.3 Å². The highest BCUT2D eigenvalue weighted by atomic mass is 35.5. The van der Waals surface area contributed by atoms with Gasteiger partial charge in [-0.05, 0) is 25.0 Å². The van der Waals surface area contributed by atoms with Gasteiger partial charge in [0.25, 0.3) is 5.91 Å². The number of carbonyl (C=O) groups excluding carboxylic acids is 1. The fourth-order valence-electron chi connectivity index (χ4n) is 2.88. The molecule has 1 aliphatic heterocycles. The number of fused-ring (bicyclic) bond motifs is 3. The number of hydrogen-bond acceptors (Lipinski definition) is 4. The average Bonchev–Trinajstić information content (AvgIpc) is 3.23. The summed E-state index contributed by atoms with van der Waals surface area (Å²) < 4.78 is 6.54. The van der Waals surface area contributed by atoms with Gasteiger partial charge in [-0.2, -0.15) is 0 Å². The van der Waals surface area contributed by atoms with Gasteiger partial charge in [0, 0.05) is 28.6 Å². The van der Waals surface area contributed by atoms with E-state index in [1.54, 1.807) is 0 Å². The second-order valence-electron chi connectivity index (χ2n) is 5.62. The number of nitrogens with zero attached hydrogens (tertiary/aromatic N) is 1. The Hall–Kier alpha value is -1.69. The number of carbonyl (C=O) groups is 1. The fraction of sp³-hybridized carbons (Fsp3) is 0.294. The molecule has 4 rings (SSSR count). The molecule has 0 bridgehead atoms. The van der Waals surface area contributed by atoms with Gasteiger partial charge in [-0.15, -0.1) is 11.3 Å². The number of aromatic nitrogens is 1. The molecular weight excluding hydrogens is 332 g/mol. The summed E-state index contributed by atoms with van der Waals surface area (Å²) >= 11 is 7.73. The molecule has 3 heterocycles. The van der Waals surface area contributed by atoms with Crippen LogP contribution in [0.5, 0.6) is 0 Å². The molecule has 1 aromatic carbocycles. The zero-order valence-corrected chi connectivity index (χ0v) is 13.9. The molecule has 0 unspecified atom stereocenters. The number of hydrogen-bond donors (Lipinski definition) is 1. The van der Waals surface area contributed by atoms with E-state index >= 15 is 0 Å². The first-order valence-corrected chi connectivity index (χ1v) is 8.79. The van der Waals surface area contributed by atoms with Crippen LogP contribution >= 0.6 is 22.9 Å². The van der Waals surface area contributed by atoms with Gasteiger partial charge in [0.1, 0.15) is 5.15 Å². The van der Waals surface area contributed by atoms with E-state index in [0.29, 0.717) is 16.6 Å². The monoisotopic (exact) mass is 346 g/mol. The first-order chi connectivity index (χ1) is 11.2. The van der Waals surface area contributed by atoms with Crippen LogP contribution in [-0.2, 0) is 4.74 Å². The zero-order chi connectivity index (χ0) is 15.8. The van der Waals surface area contributed by atoms with Crippen molar-refractivity contribution in [3.8, 4) is 0 Å².